The number of phenolic OH excluding ortho intramolecular Hbond substituents is 1. The first-order valence-electron chi connectivity index (χ1n) is 5.17. The normalized spacial score (nSPS) is 10.7. The minimum atomic E-state index is -0.0171. The highest BCUT2D eigenvalue weighted by Crippen LogP contribution is 2.30. The van der Waals surface area contributed by atoms with Gasteiger partial charge in [0.15, 0.2) is 0 Å². The molecule has 0 aliphatic carbocycles. The molecule has 0 bridgehead atoms. The number of benzene rings is 2. The van der Waals surface area contributed by atoms with E-state index in [1.165, 1.54) is 6.07 Å². The van der Waals surface area contributed by atoms with E-state index in [2.05, 4.69) is 15.3 Å². The van der Waals surface area contributed by atoms with Gasteiger partial charge in [-0.15, -0.1) is 5.11 Å². The SMILES string of the molecule is N=Nc1ccc(N=Nc2ccc(N)cc2O)cc1. The summed E-state index contributed by atoms with van der Waals surface area (Å²) >= 11 is 0. The molecule has 0 radical (unpaired) electrons. The number of nitrogens with one attached hydrogen (secondary N) is 1. The summed E-state index contributed by atoms with van der Waals surface area (Å²) in [7, 11) is 0. The summed E-state index contributed by atoms with van der Waals surface area (Å²) in [6.07, 6.45) is 0. The lowest BCUT2D eigenvalue weighted by molar-refractivity contribution is 0.476. The van der Waals surface area contributed by atoms with Crippen LogP contribution >= 0.6 is 0 Å². The summed E-state index contributed by atoms with van der Waals surface area (Å²) in [5.41, 5.74) is 14.3. The molecule has 0 aromatic heterocycles. The van der Waals surface area contributed by atoms with E-state index in [-0.39, 0.29) is 5.75 Å². The molecule has 0 unspecified atom stereocenters. The minimum Gasteiger partial charge on any atom is -0.506 e. The predicted octanol–water partition coefficient (Wildman–Crippen LogP) is 4.05. The Morgan fingerprint density at radius 3 is 2.22 bits per heavy atom. The number of azo groups is 1. The van der Waals surface area contributed by atoms with Crippen LogP contribution in [-0.4, -0.2) is 5.11 Å². The largest absolute Gasteiger partial charge is 0.506 e. The summed E-state index contributed by atoms with van der Waals surface area (Å²) in [5, 5.41) is 20.7. The average molecular weight is 241 g/mol. The molecule has 2 rings (SSSR count). The average Bonchev–Trinajstić information content (AvgIpc) is 2.38. The molecule has 0 fully saturated rings. The second-order valence-electron chi connectivity index (χ2n) is 3.58. The van der Waals surface area contributed by atoms with Gasteiger partial charge in [-0.1, -0.05) is 0 Å². The first-order valence-corrected chi connectivity index (χ1v) is 5.17. The zero-order chi connectivity index (χ0) is 13.0. The molecule has 0 spiro atoms. The molecular formula is C12H11N5O. The van der Waals surface area contributed by atoms with Crippen LogP contribution in [0.5, 0.6) is 5.75 Å². The van der Waals surface area contributed by atoms with Crippen molar-refractivity contribution in [1.29, 1.82) is 5.53 Å². The second-order valence-corrected chi connectivity index (χ2v) is 3.58. The van der Waals surface area contributed by atoms with Crippen LogP contribution in [0.4, 0.5) is 22.7 Å². The molecule has 0 amide bonds. The maximum Gasteiger partial charge on any atom is 0.145 e. The third kappa shape index (κ3) is 2.67. The van der Waals surface area contributed by atoms with Crippen molar-refractivity contribution in [1.82, 2.24) is 0 Å². The maximum absolute atomic E-state index is 9.58. The van der Waals surface area contributed by atoms with Gasteiger partial charge in [0.2, 0.25) is 0 Å². The van der Waals surface area contributed by atoms with Gasteiger partial charge in [0.1, 0.15) is 11.4 Å². The molecule has 2 aromatic carbocycles. The fourth-order valence-corrected chi connectivity index (χ4v) is 1.33. The van der Waals surface area contributed by atoms with Crippen molar-refractivity contribution in [3.05, 3.63) is 42.5 Å². The fourth-order valence-electron chi connectivity index (χ4n) is 1.33. The number of nitrogens with two attached hydrogens (primary N) is 1. The molecule has 0 aliphatic rings. The van der Waals surface area contributed by atoms with E-state index in [4.69, 9.17) is 11.3 Å². The Labute approximate surface area is 103 Å². The zero-order valence-corrected chi connectivity index (χ0v) is 9.41. The van der Waals surface area contributed by atoms with Crippen LogP contribution in [0, 0.1) is 5.53 Å². The van der Waals surface area contributed by atoms with Crippen LogP contribution in [-0.2, 0) is 0 Å². The Morgan fingerprint density at radius 2 is 1.61 bits per heavy atom. The lowest BCUT2D eigenvalue weighted by Crippen LogP contribution is -1.81. The highest BCUT2D eigenvalue weighted by molar-refractivity contribution is 5.58. The minimum absolute atomic E-state index is 0.0171. The van der Waals surface area contributed by atoms with Crippen LogP contribution in [0.1, 0.15) is 0 Å². The van der Waals surface area contributed by atoms with Crippen molar-refractivity contribution < 1.29 is 5.11 Å². The van der Waals surface area contributed by atoms with Gasteiger partial charge in [-0.05, 0) is 36.4 Å². The third-order valence-corrected chi connectivity index (χ3v) is 2.25. The monoisotopic (exact) mass is 241 g/mol. The van der Waals surface area contributed by atoms with Crippen molar-refractivity contribution in [3.8, 4) is 5.75 Å². The van der Waals surface area contributed by atoms with Gasteiger partial charge in [0, 0.05) is 11.8 Å². The number of aromatic hydroxyl groups is 1. The Balaban J connectivity index is 2.21. The predicted molar refractivity (Wildman–Crippen MR) is 67.9 cm³/mol. The highest BCUT2D eigenvalue weighted by atomic mass is 16.3. The van der Waals surface area contributed by atoms with E-state index in [9.17, 15) is 5.11 Å². The fraction of sp³-hybridized carbons (Fsp3) is 0. The number of anilines is 1. The third-order valence-electron chi connectivity index (χ3n) is 2.25. The van der Waals surface area contributed by atoms with Crippen LogP contribution in [0.2, 0.25) is 0 Å². The lowest BCUT2D eigenvalue weighted by Gasteiger charge is -1.98. The van der Waals surface area contributed by atoms with Crippen molar-refractivity contribution in [2.45, 2.75) is 0 Å². The van der Waals surface area contributed by atoms with E-state index < -0.39 is 0 Å². The lowest BCUT2D eigenvalue weighted by atomic mass is 10.2. The standard InChI is InChI=1S/C12H11N5O/c13-8-1-6-11(12(18)7-8)17-16-10-4-2-9(15-14)3-5-10/h1-7,14,18H,13H2. The molecule has 0 atom stereocenters. The molecule has 2 aromatic rings. The van der Waals surface area contributed by atoms with Crippen molar-refractivity contribution in [2.75, 3.05) is 5.73 Å². The van der Waals surface area contributed by atoms with Gasteiger partial charge in [0.25, 0.3) is 0 Å². The summed E-state index contributed by atoms with van der Waals surface area (Å²) in [6.45, 7) is 0. The maximum atomic E-state index is 9.58. The van der Waals surface area contributed by atoms with Gasteiger partial charge >= 0.3 is 0 Å². The van der Waals surface area contributed by atoms with Crippen molar-refractivity contribution in [3.63, 3.8) is 0 Å². The second kappa shape index (κ2) is 5.05. The zero-order valence-electron chi connectivity index (χ0n) is 9.41. The summed E-state index contributed by atoms with van der Waals surface area (Å²) in [4.78, 5) is 0. The highest BCUT2D eigenvalue weighted by Gasteiger charge is 1.99. The first-order chi connectivity index (χ1) is 8.69. The van der Waals surface area contributed by atoms with Gasteiger partial charge < -0.3 is 10.8 Å². The molecule has 6 heteroatoms. The first kappa shape index (κ1) is 11.7. The number of hydrogen-bond acceptors (Lipinski definition) is 6. The molecule has 0 heterocycles. The number of phenols is 1. The Kier molecular flexibility index (Phi) is 3.29. The summed E-state index contributed by atoms with van der Waals surface area (Å²) < 4.78 is 0. The van der Waals surface area contributed by atoms with Crippen LogP contribution in [0.3, 0.4) is 0 Å². The Bertz CT molecular complexity index is 592. The Morgan fingerprint density at radius 1 is 0.944 bits per heavy atom. The number of hydrogen-bond donors (Lipinski definition) is 3. The van der Waals surface area contributed by atoms with Gasteiger partial charge in [-0.25, -0.2) is 5.53 Å². The van der Waals surface area contributed by atoms with E-state index in [1.54, 1.807) is 36.4 Å². The van der Waals surface area contributed by atoms with Gasteiger partial charge in [0.05, 0.1) is 11.4 Å². The van der Waals surface area contributed by atoms with Gasteiger partial charge in [-0.3, -0.25) is 0 Å². The molecule has 4 N–H and O–H groups in total. The number of rotatable bonds is 3. The molecule has 0 saturated heterocycles. The van der Waals surface area contributed by atoms with E-state index in [1.807, 2.05) is 0 Å². The summed E-state index contributed by atoms with van der Waals surface area (Å²) in [5.74, 6) is -0.0171. The van der Waals surface area contributed by atoms with E-state index in [0.29, 0.717) is 22.7 Å². The molecule has 0 aliphatic heterocycles. The van der Waals surface area contributed by atoms with Crippen LogP contribution in [0.15, 0.2) is 57.8 Å². The Hall–Kier alpha value is -2.76. The number of nitrogen functional groups attached to an aromatic ring is 1. The molecular weight excluding hydrogens is 230 g/mol. The topological polar surface area (TPSA) is 107 Å². The van der Waals surface area contributed by atoms with Gasteiger partial charge in [-0.2, -0.15) is 10.2 Å². The number of nitrogens with zero attached hydrogens (tertiary/aromatic N) is 3. The smallest absolute Gasteiger partial charge is 0.145 e. The quantitative estimate of drug-likeness (QED) is 0.556. The van der Waals surface area contributed by atoms with Crippen LogP contribution in [0.25, 0.3) is 0 Å². The molecule has 0 saturated carbocycles. The van der Waals surface area contributed by atoms with E-state index in [0.717, 1.165) is 0 Å². The molecule has 6 nitrogen and oxygen atoms in total. The summed E-state index contributed by atoms with van der Waals surface area (Å²) in [6, 6.07) is 11.3. The molecule has 90 valence electrons. The van der Waals surface area contributed by atoms with E-state index >= 15 is 0 Å². The van der Waals surface area contributed by atoms with Crippen molar-refractivity contribution in [2.24, 2.45) is 15.3 Å². The van der Waals surface area contributed by atoms with Crippen molar-refractivity contribution >= 4 is 22.7 Å². The molecule has 18 heavy (non-hydrogen) atoms. The van der Waals surface area contributed by atoms with Crippen LogP contribution < -0.4 is 5.73 Å².